The lowest BCUT2D eigenvalue weighted by atomic mass is 10.2. The zero-order valence-electron chi connectivity index (χ0n) is 14.1. The first-order chi connectivity index (χ1) is 12.3. The van der Waals surface area contributed by atoms with E-state index in [1.165, 1.54) is 18.2 Å². The summed E-state index contributed by atoms with van der Waals surface area (Å²) in [6.45, 7) is 2.12. The Morgan fingerprint density at radius 3 is 2.38 bits per heavy atom. The van der Waals surface area contributed by atoms with Crippen LogP contribution in [0.15, 0.2) is 29.2 Å². The van der Waals surface area contributed by atoms with Crippen molar-refractivity contribution in [1.29, 1.82) is 0 Å². The molecule has 0 spiro atoms. The highest BCUT2D eigenvalue weighted by molar-refractivity contribution is 8.00. The van der Waals surface area contributed by atoms with Gasteiger partial charge in [-0.3, -0.25) is 14.5 Å². The summed E-state index contributed by atoms with van der Waals surface area (Å²) in [6, 6.07) is 6.09. The second kappa shape index (κ2) is 7.87. The van der Waals surface area contributed by atoms with E-state index in [0.717, 1.165) is 12.8 Å². The van der Waals surface area contributed by atoms with Gasteiger partial charge in [-0.15, -0.1) is 0 Å². The number of alkyl halides is 3. The molecule has 2 aliphatic rings. The third-order valence-electron chi connectivity index (χ3n) is 4.31. The molecule has 3 rings (SSSR count). The number of thioether (sulfide) groups is 1. The minimum Gasteiger partial charge on any atom is -0.352 e. The summed E-state index contributed by atoms with van der Waals surface area (Å²) in [5.41, 5.74) is -4.38. The van der Waals surface area contributed by atoms with Gasteiger partial charge in [-0.05, 0) is 36.7 Å². The average Bonchev–Trinajstić information content (AvgIpc) is 3.38. The fourth-order valence-corrected chi connectivity index (χ4v) is 3.50. The van der Waals surface area contributed by atoms with E-state index in [1.54, 1.807) is 11.0 Å². The van der Waals surface area contributed by atoms with Crippen LogP contribution in [0.4, 0.5) is 13.2 Å². The van der Waals surface area contributed by atoms with Crippen molar-refractivity contribution < 1.29 is 22.8 Å². The Labute approximate surface area is 153 Å². The van der Waals surface area contributed by atoms with Crippen molar-refractivity contribution in [3.05, 3.63) is 29.8 Å². The van der Waals surface area contributed by atoms with Crippen LogP contribution in [0.1, 0.15) is 23.2 Å². The number of nitrogens with one attached hydrogen (secondary N) is 1. The Kier molecular flexibility index (Phi) is 5.76. The molecule has 1 aromatic rings. The first-order valence-electron chi connectivity index (χ1n) is 8.47. The Bertz CT molecular complexity index is 671. The maximum atomic E-state index is 12.7. The molecule has 1 aliphatic carbocycles. The third kappa shape index (κ3) is 5.38. The van der Waals surface area contributed by atoms with Crippen molar-refractivity contribution in [2.24, 2.45) is 0 Å². The molecular formula is C17H20F3N3O2S. The fraction of sp³-hybridized carbons (Fsp3) is 0.529. The number of benzene rings is 1. The Hall–Kier alpha value is -1.74. The number of hydrogen-bond acceptors (Lipinski definition) is 4. The van der Waals surface area contributed by atoms with Crippen LogP contribution in [0.2, 0.25) is 0 Å². The molecule has 142 valence electrons. The molecule has 0 atom stereocenters. The smallest absolute Gasteiger partial charge is 0.352 e. The fourth-order valence-electron chi connectivity index (χ4n) is 2.84. The molecule has 0 aromatic heterocycles. The topological polar surface area (TPSA) is 52.7 Å². The van der Waals surface area contributed by atoms with E-state index in [1.807, 2.05) is 4.90 Å². The maximum absolute atomic E-state index is 12.7. The Morgan fingerprint density at radius 2 is 1.77 bits per heavy atom. The highest BCUT2D eigenvalue weighted by atomic mass is 32.2. The van der Waals surface area contributed by atoms with Gasteiger partial charge in [0.15, 0.2) is 0 Å². The summed E-state index contributed by atoms with van der Waals surface area (Å²) in [6.07, 6.45) is 2.06. The molecular weight excluding hydrogens is 367 g/mol. The average molecular weight is 387 g/mol. The van der Waals surface area contributed by atoms with E-state index in [-0.39, 0.29) is 28.1 Å². The van der Waals surface area contributed by atoms with Crippen molar-refractivity contribution in [2.75, 3.05) is 32.7 Å². The number of rotatable bonds is 5. The van der Waals surface area contributed by atoms with Gasteiger partial charge in [-0.1, -0.05) is 12.1 Å². The normalized spacial score (nSPS) is 18.7. The van der Waals surface area contributed by atoms with Crippen molar-refractivity contribution in [3.63, 3.8) is 0 Å². The summed E-state index contributed by atoms with van der Waals surface area (Å²) < 4.78 is 38.1. The van der Waals surface area contributed by atoms with Crippen molar-refractivity contribution in [2.45, 2.75) is 29.3 Å². The molecule has 1 saturated carbocycles. The highest BCUT2D eigenvalue weighted by Crippen LogP contribution is 2.38. The van der Waals surface area contributed by atoms with Crippen LogP contribution in [0.5, 0.6) is 0 Å². The van der Waals surface area contributed by atoms with E-state index in [9.17, 15) is 22.8 Å². The van der Waals surface area contributed by atoms with Gasteiger partial charge in [0, 0.05) is 37.1 Å². The molecule has 9 heteroatoms. The molecule has 0 radical (unpaired) electrons. The van der Waals surface area contributed by atoms with Crippen LogP contribution >= 0.6 is 11.8 Å². The monoisotopic (exact) mass is 387 g/mol. The van der Waals surface area contributed by atoms with E-state index in [4.69, 9.17) is 0 Å². The van der Waals surface area contributed by atoms with Crippen LogP contribution in [0.3, 0.4) is 0 Å². The lowest BCUT2D eigenvalue weighted by molar-refractivity contribution is -0.122. The zero-order chi connectivity index (χ0) is 18.7. The van der Waals surface area contributed by atoms with E-state index in [2.05, 4.69) is 5.32 Å². The van der Waals surface area contributed by atoms with Gasteiger partial charge in [-0.25, -0.2) is 0 Å². The number of hydrogen-bond donors (Lipinski definition) is 1. The van der Waals surface area contributed by atoms with Gasteiger partial charge >= 0.3 is 5.51 Å². The number of halogens is 3. The molecule has 26 heavy (non-hydrogen) atoms. The molecule has 1 aromatic carbocycles. The molecule has 2 fully saturated rings. The van der Waals surface area contributed by atoms with E-state index < -0.39 is 11.4 Å². The van der Waals surface area contributed by atoms with Crippen molar-refractivity contribution >= 4 is 23.6 Å². The summed E-state index contributed by atoms with van der Waals surface area (Å²) in [7, 11) is 0. The van der Waals surface area contributed by atoms with Gasteiger partial charge in [0.05, 0.1) is 12.1 Å². The van der Waals surface area contributed by atoms with Gasteiger partial charge in [0.25, 0.3) is 5.91 Å². The van der Waals surface area contributed by atoms with Crippen molar-refractivity contribution in [1.82, 2.24) is 15.1 Å². The van der Waals surface area contributed by atoms with Gasteiger partial charge in [0.2, 0.25) is 5.91 Å². The molecule has 5 nitrogen and oxygen atoms in total. The van der Waals surface area contributed by atoms with Crippen LogP contribution < -0.4 is 5.32 Å². The lowest BCUT2D eigenvalue weighted by Crippen LogP contribution is -2.51. The summed E-state index contributed by atoms with van der Waals surface area (Å²) >= 11 is -0.271. The van der Waals surface area contributed by atoms with E-state index in [0.29, 0.717) is 38.8 Å². The zero-order valence-corrected chi connectivity index (χ0v) is 14.9. The number of nitrogens with zero attached hydrogens (tertiary/aromatic N) is 2. The van der Waals surface area contributed by atoms with Crippen LogP contribution in [-0.4, -0.2) is 65.9 Å². The van der Waals surface area contributed by atoms with Crippen LogP contribution in [0.25, 0.3) is 0 Å². The van der Waals surface area contributed by atoms with E-state index >= 15 is 0 Å². The lowest BCUT2D eigenvalue weighted by Gasteiger charge is -2.34. The first-order valence-corrected chi connectivity index (χ1v) is 9.29. The standard InChI is InChI=1S/C17H20F3N3O2S/c18-17(19,20)26-14-4-2-1-3-13(14)16(25)23-9-7-22(8-10-23)11-15(24)21-12-5-6-12/h1-4,12H,5-11H2,(H,21,24). The highest BCUT2D eigenvalue weighted by Gasteiger charge is 2.33. The quantitative estimate of drug-likeness (QED) is 0.788. The van der Waals surface area contributed by atoms with Crippen LogP contribution in [-0.2, 0) is 4.79 Å². The van der Waals surface area contributed by atoms with Gasteiger partial charge in [-0.2, -0.15) is 13.2 Å². The molecule has 2 amide bonds. The van der Waals surface area contributed by atoms with Crippen molar-refractivity contribution in [3.8, 4) is 0 Å². The molecule has 0 unspecified atom stereocenters. The summed E-state index contributed by atoms with van der Waals surface area (Å²) in [4.78, 5) is 27.9. The molecule has 1 aliphatic heterocycles. The molecule has 1 N–H and O–H groups in total. The second-order valence-corrected chi connectivity index (χ2v) is 7.56. The Morgan fingerprint density at radius 1 is 1.12 bits per heavy atom. The Balaban J connectivity index is 1.56. The first kappa shape index (κ1) is 19.0. The number of amides is 2. The SMILES string of the molecule is O=C(CN1CCN(C(=O)c2ccccc2SC(F)(F)F)CC1)NC1CC1. The maximum Gasteiger partial charge on any atom is 0.446 e. The third-order valence-corrected chi connectivity index (χ3v) is 5.12. The predicted octanol–water partition coefficient (Wildman–Crippen LogP) is 2.33. The van der Waals surface area contributed by atoms with Gasteiger partial charge in [0.1, 0.15) is 0 Å². The molecule has 1 saturated heterocycles. The minimum atomic E-state index is -4.44. The molecule has 1 heterocycles. The van der Waals surface area contributed by atoms with Gasteiger partial charge < -0.3 is 10.2 Å². The summed E-state index contributed by atoms with van der Waals surface area (Å²) in [5.74, 6) is -0.418. The molecule has 0 bridgehead atoms. The number of carbonyl (C=O) groups excluding carboxylic acids is 2. The number of carbonyl (C=O) groups is 2. The second-order valence-electron chi connectivity index (χ2n) is 6.45. The van der Waals surface area contributed by atoms with Crippen LogP contribution in [0, 0.1) is 0 Å². The predicted molar refractivity (Wildman–Crippen MR) is 91.9 cm³/mol. The minimum absolute atomic E-state index is 0.0146. The number of piperazine rings is 1. The largest absolute Gasteiger partial charge is 0.446 e. The summed E-state index contributed by atoms with van der Waals surface area (Å²) in [5, 5.41) is 2.92.